The van der Waals surface area contributed by atoms with Gasteiger partial charge in [-0.3, -0.25) is 4.98 Å². The van der Waals surface area contributed by atoms with Crippen molar-refractivity contribution in [2.24, 2.45) is 0 Å². The lowest BCUT2D eigenvalue weighted by molar-refractivity contribution is 0.324. The molecule has 110 valence electrons. The largest absolute Gasteiger partial charge is 0.493 e. The Bertz CT molecular complexity index is 642. The fourth-order valence-electron chi connectivity index (χ4n) is 2.81. The minimum absolute atomic E-state index is 0.602. The molecule has 0 aliphatic heterocycles. The van der Waals surface area contributed by atoms with Crippen LogP contribution in [-0.4, -0.2) is 26.3 Å². The Kier molecular flexibility index (Phi) is 3.69. The van der Waals surface area contributed by atoms with Crippen LogP contribution in [0.25, 0.3) is 11.3 Å². The molecule has 1 aliphatic rings. The molecule has 0 atom stereocenters. The van der Waals surface area contributed by atoms with Crippen LogP contribution in [0.1, 0.15) is 17.7 Å². The number of pyridine rings is 1. The molecule has 0 fully saturated rings. The van der Waals surface area contributed by atoms with E-state index in [1.807, 2.05) is 12.1 Å². The van der Waals surface area contributed by atoms with Gasteiger partial charge in [-0.05, 0) is 43.0 Å². The number of hydrogen-bond acceptors (Lipinski definition) is 4. The third kappa shape index (κ3) is 2.42. The quantitative estimate of drug-likeness (QED) is 0.864. The van der Waals surface area contributed by atoms with Crippen LogP contribution in [0.5, 0.6) is 17.2 Å². The molecule has 0 saturated heterocycles. The van der Waals surface area contributed by atoms with Gasteiger partial charge < -0.3 is 14.2 Å². The highest BCUT2D eigenvalue weighted by molar-refractivity contribution is 5.69. The van der Waals surface area contributed by atoms with Crippen molar-refractivity contribution in [1.82, 2.24) is 4.98 Å². The van der Waals surface area contributed by atoms with Crippen LogP contribution in [-0.2, 0) is 12.8 Å². The van der Waals surface area contributed by atoms with Crippen molar-refractivity contribution in [2.75, 3.05) is 21.3 Å². The fraction of sp³-hybridized carbons (Fsp3) is 0.353. The number of benzene rings is 1. The zero-order chi connectivity index (χ0) is 14.8. The van der Waals surface area contributed by atoms with Crippen molar-refractivity contribution in [1.29, 1.82) is 0 Å². The number of hydrogen-bond donors (Lipinski definition) is 0. The van der Waals surface area contributed by atoms with E-state index >= 15 is 0 Å². The number of nitrogens with zero attached hydrogens (tertiary/aromatic N) is 1. The molecule has 0 bridgehead atoms. The number of aryl methyl sites for hydroxylation is 2. The Labute approximate surface area is 124 Å². The van der Waals surface area contributed by atoms with Gasteiger partial charge in [-0.15, -0.1) is 0 Å². The van der Waals surface area contributed by atoms with Gasteiger partial charge in [0, 0.05) is 11.3 Å². The minimum atomic E-state index is 0.602. The van der Waals surface area contributed by atoms with E-state index in [4.69, 9.17) is 19.2 Å². The standard InChI is InChI=1S/C17H19NO3/c1-19-15-9-12(10-16(20-2)17(15)21-3)14-8-7-11-5-4-6-13(11)18-14/h7-10H,4-6H2,1-3H3. The predicted molar refractivity (Wildman–Crippen MR) is 81.4 cm³/mol. The molecule has 1 aliphatic carbocycles. The van der Waals surface area contributed by atoms with Crippen LogP contribution >= 0.6 is 0 Å². The summed E-state index contributed by atoms with van der Waals surface area (Å²) < 4.78 is 16.2. The number of aromatic nitrogens is 1. The highest BCUT2D eigenvalue weighted by Crippen LogP contribution is 2.41. The van der Waals surface area contributed by atoms with Crippen LogP contribution in [0.4, 0.5) is 0 Å². The second-order valence-corrected chi connectivity index (χ2v) is 5.07. The zero-order valence-corrected chi connectivity index (χ0v) is 12.6. The molecule has 4 heteroatoms. The van der Waals surface area contributed by atoms with E-state index in [0.717, 1.165) is 24.1 Å². The van der Waals surface area contributed by atoms with Gasteiger partial charge in [0.2, 0.25) is 5.75 Å². The topological polar surface area (TPSA) is 40.6 Å². The first-order chi connectivity index (χ1) is 10.3. The molecule has 1 aromatic heterocycles. The van der Waals surface area contributed by atoms with Gasteiger partial charge in [0.05, 0.1) is 27.0 Å². The smallest absolute Gasteiger partial charge is 0.203 e. The number of ether oxygens (including phenoxy) is 3. The number of methoxy groups -OCH3 is 3. The molecular weight excluding hydrogens is 266 g/mol. The van der Waals surface area contributed by atoms with Crippen LogP contribution in [0.3, 0.4) is 0 Å². The molecule has 1 aromatic carbocycles. The first-order valence-corrected chi connectivity index (χ1v) is 7.06. The third-order valence-corrected chi connectivity index (χ3v) is 3.89. The maximum absolute atomic E-state index is 5.40. The molecule has 0 spiro atoms. The van der Waals surface area contributed by atoms with Gasteiger partial charge in [0.25, 0.3) is 0 Å². The Morgan fingerprint density at radius 3 is 2.24 bits per heavy atom. The molecule has 21 heavy (non-hydrogen) atoms. The van der Waals surface area contributed by atoms with Crippen molar-refractivity contribution in [3.8, 4) is 28.5 Å². The summed E-state index contributed by atoms with van der Waals surface area (Å²) in [7, 11) is 4.85. The summed E-state index contributed by atoms with van der Waals surface area (Å²) in [6.07, 6.45) is 3.40. The molecule has 2 aromatic rings. The number of rotatable bonds is 4. The average Bonchev–Trinajstić information content (AvgIpc) is 3.00. The Morgan fingerprint density at radius 1 is 0.905 bits per heavy atom. The fourth-order valence-corrected chi connectivity index (χ4v) is 2.81. The Balaban J connectivity index is 2.10. The SMILES string of the molecule is COc1cc(-c2ccc3c(n2)CCC3)cc(OC)c1OC. The first kappa shape index (κ1) is 13.7. The molecule has 0 unspecified atom stereocenters. The van der Waals surface area contributed by atoms with Gasteiger partial charge in [0.1, 0.15) is 0 Å². The van der Waals surface area contributed by atoms with Crippen molar-refractivity contribution >= 4 is 0 Å². The van der Waals surface area contributed by atoms with Gasteiger partial charge in [0.15, 0.2) is 11.5 Å². The van der Waals surface area contributed by atoms with E-state index in [1.165, 1.54) is 17.7 Å². The Morgan fingerprint density at radius 2 is 1.62 bits per heavy atom. The van der Waals surface area contributed by atoms with E-state index < -0.39 is 0 Å². The highest BCUT2D eigenvalue weighted by Gasteiger charge is 2.17. The van der Waals surface area contributed by atoms with Gasteiger partial charge >= 0.3 is 0 Å². The molecule has 4 nitrogen and oxygen atoms in total. The lowest BCUT2D eigenvalue weighted by Crippen LogP contribution is -1.97. The summed E-state index contributed by atoms with van der Waals surface area (Å²) in [6.45, 7) is 0. The normalized spacial score (nSPS) is 12.9. The van der Waals surface area contributed by atoms with Gasteiger partial charge in [-0.2, -0.15) is 0 Å². The van der Waals surface area contributed by atoms with E-state index in [2.05, 4.69) is 12.1 Å². The maximum Gasteiger partial charge on any atom is 0.203 e. The van der Waals surface area contributed by atoms with Crippen molar-refractivity contribution in [3.63, 3.8) is 0 Å². The molecular formula is C17H19NO3. The van der Waals surface area contributed by atoms with Crippen LogP contribution in [0.15, 0.2) is 24.3 Å². The molecule has 3 rings (SSSR count). The highest BCUT2D eigenvalue weighted by atomic mass is 16.5. The van der Waals surface area contributed by atoms with Gasteiger partial charge in [-0.25, -0.2) is 0 Å². The van der Waals surface area contributed by atoms with E-state index in [-0.39, 0.29) is 0 Å². The summed E-state index contributed by atoms with van der Waals surface area (Å²) in [5, 5.41) is 0. The second kappa shape index (κ2) is 5.64. The predicted octanol–water partition coefficient (Wildman–Crippen LogP) is 3.26. The molecule has 0 saturated carbocycles. The molecule has 0 amide bonds. The van der Waals surface area contributed by atoms with Crippen molar-refractivity contribution < 1.29 is 14.2 Å². The van der Waals surface area contributed by atoms with Crippen molar-refractivity contribution in [3.05, 3.63) is 35.5 Å². The maximum atomic E-state index is 5.40. The van der Waals surface area contributed by atoms with E-state index in [1.54, 1.807) is 21.3 Å². The first-order valence-electron chi connectivity index (χ1n) is 7.06. The second-order valence-electron chi connectivity index (χ2n) is 5.07. The molecule has 0 N–H and O–H groups in total. The number of fused-ring (bicyclic) bond motifs is 1. The summed E-state index contributed by atoms with van der Waals surface area (Å²) >= 11 is 0. The summed E-state index contributed by atoms with van der Waals surface area (Å²) in [5.74, 6) is 1.90. The van der Waals surface area contributed by atoms with Crippen LogP contribution in [0, 0.1) is 0 Å². The molecule has 1 heterocycles. The molecule has 0 radical (unpaired) electrons. The van der Waals surface area contributed by atoms with E-state index in [0.29, 0.717) is 17.2 Å². The van der Waals surface area contributed by atoms with Crippen LogP contribution < -0.4 is 14.2 Å². The third-order valence-electron chi connectivity index (χ3n) is 3.89. The minimum Gasteiger partial charge on any atom is -0.493 e. The zero-order valence-electron chi connectivity index (χ0n) is 12.6. The van der Waals surface area contributed by atoms with Gasteiger partial charge in [-0.1, -0.05) is 6.07 Å². The summed E-state index contributed by atoms with van der Waals surface area (Å²) in [4.78, 5) is 4.78. The summed E-state index contributed by atoms with van der Waals surface area (Å²) in [5.41, 5.74) is 4.49. The monoisotopic (exact) mass is 285 g/mol. The van der Waals surface area contributed by atoms with Crippen LogP contribution in [0.2, 0.25) is 0 Å². The Hall–Kier alpha value is -2.23. The lowest BCUT2D eigenvalue weighted by atomic mass is 10.1. The van der Waals surface area contributed by atoms with Crippen molar-refractivity contribution in [2.45, 2.75) is 19.3 Å². The lowest BCUT2D eigenvalue weighted by Gasteiger charge is -2.14. The van der Waals surface area contributed by atoms with E-state index in [9.17, 15) is 0 Å². The average molecular weight is 285 g/mol. The summed E-state index contributed by atoms with van der Waals surface area (Å²) in [6, 6.07) is 8.11.